The van der Waals surface area contributed by atoms with Gasteiger partial charge < -0.3 is 10.4 Å². The molecule has 0 saturated heterocycles. The van der Waals surface area contributed by atoms with E-state index >= 15 is 0 Å². The lowest BCUT2D eigenvalue weighted by Crippen LogP contribution is -2.21. The number of hydrogen-bond donors (Lipinski definition) is 2. The van der Waals surface area contributed by atoms with Gasteiger partial charge in [0.15, 0.2) is 0 Å². The molecule has 0 spiro atoms. The van der Waals surface area contributed by atoms with Crippen molar-refractivity contribution >= 4 is 11.7 Å². The molecule has 0 atom stereocenters. The third kappa shape index (κ3) is 3.00. The molecule has 1 aliphatic rings. The summed E-state index contributed by atoms with van der Waals surface area (Å²) >= 11 is 0. The van der Waals surface area contributed by atoms with Gasteiger partial charge in [-0.15, -0.1) is 0 Å². The predicted octanol–water partition coefficient (Wildman–Crippen LogP) is 3.66. The lowest BCUT2D eigenvalue weighted by Gasteiger charge is -2.19. The Morgan fingerprint density at radius 1 is 1.22 bits per heavy atom. The molecule has 4 heteroatoms. The van der Waals surface area contributed by atoms with Gasteiger partial charge >= 0.3 is 5.97 Å². The summed E-state index contributed by atoms with van der Waals surface area (Å²) in [4.78, 5) is 11.1. The van der Waals surface area contributed by atoms with Crippen LogP contribution in [0.2, 0.25) is 0 Å². The first-order valence-corrected chi connectivity index (χ1v) is 6.47. The molecule has 1 aromatic carbocycles. The van der Waals surface area contributed by atoms with Crippen molar-refractivity contribution < 1.29 is 14.3 Å². The molecule has 0 aromatic heterocycles. The molecule has 1 fully saturated rings. The fourth-order valence-electron chi connectivity index (χ4n) is 2.48. The van der Waals surface area contributed by atoms with Crippen molar-refractivity contribution in [3.63, 3.8) is 0 Å². The minimum Gasteiger partial charge on any atom is -0.478 e. The minimum absolute atomic E-state index is 0.0132. The predicted molar refractivity (Wildman–Crippen MR) is 68.5 cm³/mol. The van der Waals surface area contributed by atoms with Gasteiger partial charge in [0, 0.05) is 6.04 Å². The molecular weight excluding hydrogens is 233 g/mol. The number of hydrogen-bond acceptors (Lipinski definition) is 2. The molecule has 1 aliphatic carbocycles. The first-order valence-electron chi connectivity index (χ1n) is 6.47. The quantitative estimate of drug-likeness (QED) is 0.806. The third-order valence-electron chi connectivity index (χ3n) is 3.45. The number of nitrogens with one attached hydrogen (secondary N) is 1. The normalized spacial score (nSPS) is 17.2. The average Bonchev–Trinajstić information content (AvgIpc) is 2.60. The van der Waals surface area contributed by atoms with Gasteiger partial charge in [-0.3, -0.25) is 0 Å². The van der Waals surface area contributed by atoms with Crippen LogP contribution in [0.3, 0.4) is 0 Å². The fraction of sp³-hybridized carbons (Fsp3) is 0.500. The van der Waals surface area contributed by atoms with Crippen LogP contribution < -0.4 is 5.32 Å². The van der Waals surface area contributed by atoms with E-state index in [-0.39, 0.29) is 17.3 Å². The third-order valence-corrected chi connectivity index (χ3v) is 3.45. The molecular formula is C14H18FNO2. The monoisotopic (exact) mass is 251 g/mol. The molecule has 0 amide bonds. The lowest BCUT2D eigenvalue weighted by atomic mass is 10.1. The van der Waals surface area contributed by atoms with Crippen molar-refractivity contribution in [3.8, 4) is 0 Å². The topological polar surface area (TPSA) is 49.3 Å². The summed E-state index contributed by atoms with van der Waals surface area (Å²) < 4.78 is 13.7. The molecule has 0 unspecified atom stereocenters. The maximum absolute atomic E-state index is 13.7. The summed E-state index contributed by atoms with van der Waals surface area (Å²) in [7, 11) is 0. The van der Waals surface area contributed by atoms with Gasteiger partial charge in [0.05, 0.1) is 11.3 Å². The summed E-state index contributed by atoms with van der Waals surface area (Å²) in [6.07, 6.45) is 6.62. The Morgan fingerprint density at radius 3 is 2.50 bits per heavy atom. The molecule has 0 aliphatic heterocycles. The Kier molecular flexibility index (Phi) is 4.18. The van der Waals surface area contributed by atoms with E-state index in [0.717, 1.165) is 25.7 Å². The number of aromatic carboxylic acids is 1. The van der Waals surface area contributed by atoms with Gasteiger partial charge in [0.25, 0.3) is 0 Å². The molecule has 2 rings (SSSR count). The molecule has 0 bridgehead atoms. The number of carboxylic acids is 1. The number of carbonyl (C=O) groups is 1. The summed E-state index contributed by atoms with van der Waals surface area (Å²) in [5, 5.41) is 12.2. The van der Waals surface area contributed by atoms with E-state index < -0.39 is 11.8 Å². The zero-order valence-electron chi connectivity index (χ0n) is 10.3. The highest BCUT2D eigenvalue weighted by molar-refractivity contribution is 5.94. The summed E-state index contributed by atoms with van der Waals surface area (Å²) in [6.45, 7) is 0. The highest BCUT2D eigenvalue weighted by Crippen LogP contribution is 2.25. The van der Waals surface area contributed by atoms with Crippen LogP contribution >= 0.6 is 0 Å². The molecule has 18 heavy (non-hydrogen) atoms. The molecule has 0 radical (unpaired) electrons. The lowest BCUT2D eigenvalue weighted by molar-refractivity contribution is 0.0697. The standard InChI is InChI=1S/C14H18FNO2/c15-12-9-5-8-11(14(17)18)13(12)16-10-6-3-1-2-4-7-10/h5,8-10,16H,1-4,6-7H2,(H,17,18). The molecule has 3 nitrogen and oxygen atoms in total. The second-order valence-electron chi connectivity index (χ2n) is 4.80. The van der Waals surface area contributed by atoms with Crippen molar-refractivity contribution in [2.24, 2.45) is 0 Å². The Hall–Kier alpha value is -1.58. The van der Waals surface area contributed by atoms with Crippen LogP contribution in [0, 0.1) is 5.82 Å². The van der Waals surface area contributed by atoms with Crippen LogP contribution in [0.4, 0.5) is 10.1 Å². The Labute approximate surface area is 106 Å². The number of benzene rings is 1. The van der Waals surface area contributed by atoms with Gasteiger partial charge in [-0.25, -0.2) is 9.18 Å². The van der Waals surface area contributed by atoms with E-state index in [1.807, 2.05) is 0 Å². The zero-order chi connectivity index (χ0) is 13.0. The van der Waals surface area contributed by atoms with E-state index in [9.17, 15) is 9.18 Å². The van der Waals surface area contributed by atoms with Gasteiger partial charge in [-0.05, 0) is 25.0 Å². The molecule has 1 aromatic rings. The van der Waals surface area contributed by atoms with Gasteiger partial charge in [0.2, 0.25) is 0 Å². The number of halogens is 1. The Morgan fingerprint density at radius 2 is 1.89 bits per heavy atom. The van der Waals surface area contributed by atoms with Crippen molar-refractivity contribution in [1.29, 1.82) is 0 Å². The molecule has 98 valence electrons. The van der Waals surface area contributed by atoms with Gasteiger partial charge in [-0.2, -0.15) is 0 Å². The van der Waals surface area contributed by atoms with Crippen molar-refractivity contribution in [2.45, 2.75) is 44.6 Å². The van der Waals surface area contributed by atoms with Crippen LogP contribution in [0.5, 0.6) is 0 Å². The largest absolute Gasteiger partial charge is 0.478 e. The van der Waals surface area contributed by atoms with Crippen molar-refractivity contribution in [2.75, 3.05) is 5.32 Å². The second kappa shape index (κ2) is 5.85. The van der Waals surface area contributed by atoms with Crippen molar-refractivity contribution in [3.05, 3.63) is 29.6 Å². The smallest absolute Gasteiger partial charge is 0.337 e. The maximum Gasteiger partial charge on any atom is 0.337 e. The van der Waals surface area contributed by atoms with E-state index in [1.165, 1.54) is 31.0 Å². The Balaban J connectivity index is 2.19. The molecule has 1 saturated carbocycles. The maximum atomic E-state index is 13.7. The summed E-state index contributed by atoms with van der Waals surface area (Å²) in [5.41, 5.74) is 0.149. The highest BCUT2D eigenvalue weighted by Gasteiger charge is 2.18. The number of anilines is 1. The number of para-hydroxylation sites is 1. The average molecular weight is 251 g/mol. The SMILES string of the molecule is O=C(O)c1cccc(F)c1NC1CCCCCC1. The highest BCUT2D eigenvalue weighted by atomic mass is 19.1. The zero-order valence-corrected chi connectivity index (χ0v) is 10.3. The number of carboxylic acid groups (broad SMARTS) is 1. The summed E-state index contributed by atoms with van der Waals surface area (Å²) in [6, 6.07) is 4.34. The van der Waals surface area contributed by atoms with E-state index in [4.69, 9.17) is 5.11 Å². The summed E-state index contributed by atoms with van der Waals surface area (Å²) in [5.74, 6) is -1.58. The van der Waals surface area contributed by atoms with E-state index in [2.05, 4.69) is 5.32 Å². The van der Waals surface area contributed by atoms with Crippen LogP contribution in [0.25, 0.3) is 0 Å². The second-order valence-corrected chi connectivity index (χ2v) is 4.80. The minimum atomic E-state index is -1.09. The van der Waals surface area contributed by atoms with Crippen LogP contribution in [0.1, 0.15) is 48.9 Å². The van der Waals surface area contributed by atoms with Crippen LogP contribution in [-0.4, -0.2) is 17.1 Å². The first-order chi connectivity index (χ1) is 8.68. The molecule has 0 heterocycles. The van der Waals surface area contributed by atoms with Crippen LogP contribution in [-0.2, 0) is 0 Å². The van der Waals surface area contributed by atoms with Gasteiger partial charge in [0.1, 0.15) is 5.82 Å². The van der Waals surface area contributed by atoms with Gasteiger partial charge in [-0.1, -0.05) is 31.7 Å². The van der Waals surface area contributed by atoms with Crippen LogP contribution in [0.15, 0.2) is 18.2 Å². The van der Waals surface area contributed by atoms with E-state index in [0.29, 0.717) is 0 Å². The van der Waals surface area contributed by atoms with E-state index in [1.54, 1.807) is 0 Å². The number of rotatable bonds is 3. The molecule has 2 N–H and O–H groups in total. The Bertz CT molecular complexity index is 426. The first kappa shape index (κ1) is 12.9. The fourth-order valence-corrected chi connectivity index (χ4v) is 2.48. The van der Waals surface area contributed by atoms with Crippen molar-refractivity contribution in [1.82, 2.24) is 0 Å².